The summed E-state index contributed by atoms with van der Waals surface area (Å²) in [5.41, 5.74) is 0.696. The number of halogens is 2. The minimum absolute atomic E-state index is 0.0532. The maximum absolute atomic E-state index is 14.2. The predicted molar refractivity (Wildman–Crippen MR) is 140 cm³/mol. The minimum atomic E-state index is -4.15. The molecule has 3 heterocycles. The number of hydrogen-bond acceptors (Lipinski definition) is 7. The number of anilines is 1. The largest absolute Gasteiger partial charge is 0.492 e. The van der Waals surface area contributed by atoms with Crippen LogP contribution in [0, 0.1) is 17.6 Å². The Bertz CT molecular complexity index is 1420. The molecule has 12 heteroatoms. The van der Waals surface area contributed by atoms with Crippen molar-refractivity contribution in [2.45, 2.75) is 43.6 Å². The van der Waals surface area contributed by atoms with Crippen LogP contribution in [0.25, 0.3) is 10.2 Å². The molecule has 204 valence electrons. The van der Waals surface area contributed by atoms with Crippen LogP contribution in [0.4, 0.5) is 13.9 Å². The SMILES string of the molecule is CCOc1cccc2sc(N(CC3CCCO3)C(=O)C3CCN(S(=O)(=O)c4ccc(F)cc4F)CC3)nc12. The summed E-state index contributed by atoms with van der Waals surface area (Å²) in [5, 5.41) is 0.552. The first kappa shape index (κ1) is 26.9. The zero-order valence-corrected chi connectivity index (χ0v) is 22.6. The quantitative estimate of drug-likeness (QED) is 0.397. The highest BCUT2D eigenvalue weighted by Gasteiger charge is 2.37. The van der Waals surface area contributed by atoms with Crippen LogP contribution in [-0.4, -0.2) is 62.6 Å². The van der Waals surface area contributed by atoms with E-state index in [0.29, 0.717) is 42.2 Å². The molecular formula is C26H29F2N3O5S2. The lowest BCUT2D eigenvalue weighted by Gasteiger charge is -2.33. The van der Waals surface area contributed by atoms with Crippen LogP contribution in [0.3, 0.4) is 0 Å². The molecule has 1 amide bonds. The maximum Gasteiger partial charge on any atom is 0.245 e. The third-order valence-corrected chi connectivity index (χ3v) is 9.87. The van der Waals surface area contributed by atoms with Gasteiger partial charge in [-0.05, 0) is 56.9 Å². The van der Waals surface area contributed by atoms with Crippen molar-refractivity contribution in [3.05, 3.63) is 48.0 Å². The average Bonchev–Trinajstić information content (AvgIpc) is 3.57. The lowest BCUT2D eigenvalue weighted by Crippen LogP contribution is -2.46. The van der Waals surface area contributed by atoms with Gasteiger partial charge in [0.05, 0.1) is 24.0 Å². The molecule has 3 aromatic rings. The number of thiazole rings is 1. The Kier molecular flexibility index (Phi) is 7.94. The van der Waals surface area contributed by atoms with Gasteiger partial charge in [0, 0.05) is 31.7 Å². The summed E-state index contributed by atoms with van der Waals surface area (Å²) in [6.45, 7) is 3.51. The Morgan fingerprint density at radius 2 is 2.00 bits per heavy atom. The van der Waals surface area contributed by atoms with Gasteiger partial charge in [-0.3, -0.25) is 9.69 Å². The molecule has 2 aromatic carbocycles. The van der Waals surface area contributed by atoms with Gasteiger partial charge in [0.2, 0.25) is 15.9 Å². The van der Waals surface area contributed by atoms with Gasteiger partial charge in [0.15, 0.2) is 5.13 Å². The van der Waals surface area contributed by atoms with E-state index in [4.69, 9.17) is 14.5 Å². The fourth-order valence-corrected chi connectivity index (χ4v) is 7.45. The number of hydrogen-bond donors (Lipinski definition) is 0. The number of aromatic nitrogens is 1. The van der Waals surface area contributed by atoms with E-state index >= 15 is 0 Å². The van der Waals surface area contributed by atoms with Crippen LogP contribution in [0.1, 0.15) is 32.6 Å². The van der Waals surface area contributed by atoms with E-state index in [1.165, 1.54) is 11.3 Å². The Morgan fingerprint density at radius 3 is 2.68 bits per heavy atom. The molecular weight excluding hydrogens is 536 g/mol. The van der Waals surface area contributed by atoms with Gasteiger partial charge < -0.3 is 9.47 Å². The Balaban J connectivity index is 1.36. The van der Waals surface area contributed by atoms with Crippen LogP contribution in [-0.2, 0) is 19.6 Å². The number of carbonyl (C=O) groups is 1. The standard InChI is InChI=1S/C26H29F2N3O5S2/c1-2-35-21-6-3-7-22-24(21)29-26(37-22)31(16-19-5-4-14-36-19)25(32)17-10-12-30(13-11-17)38(33,34)23-9-8-18(27)15-20(23)28/h3,6-9,15,17,19H,2,4-5,10-14,16H2,1H3. The smallest absolute Gasteiger partial charge is 0.245 e. The molecule has 0 saturated carbocycles. The molecule has 0 N–H and O–H groups in total. The third-order valence-electron chi connectivity index (χ3n) is 6.89. The molecule has 2 aliphatic rings. The number of fused-ring (bicyclic) bond motifs is 1. The van der Waals surface area contributed by atoms with E-state index in [1.807, 2.05) is 25.1 Å². The molecule has 1 unspecified atom stereocenters. The molecule has 0 aliphatic carbocycles. The number of piperidine rings is 1. The van der Waals surface area contributed by atoms with Crippen molar-refractivity contribution < 1.29 is 31.5 Å². The summed E-state index contributed by atoms with van der Waals surface area (Å²) in [7, 11) is -4.15. The molecule has 2 fully saturated rings. The summed E-state index contributed by atoms with van der Waals surface area (Å²) in [4.78, 5) is 19.7. The van der Waals surface area contributed by atoms with Crippen LogP contribution in [0.5, 0.6) is 5.75 Å². The van der Waals surface area contributed by atoms with E-state index < -0.39 is 32.5 Å². The number of sulfonamides is 1. The number of benzene rings is 2. The molecule has 1 atom stereocenters. The number of para-hydroxylation sites is 1. The minimum Gasteiger partial charge on any atom is -0.492 e. The van der Waals surface area contributed by atoms with Crippen LogP contribution < -0.4 is 9.64 Å². The second-order valence-electron chi connectivity index (χ2n) is 9.37. The topological polar surface area (TPSA) is 89.0 Å². The first-order chi connectivity index (χ1) is 18.3. The fourth-order valence-electron chi connectivity index (χ4n) is 4.94. The number of amides is 1. The first-order valence-corrected chi connectivity index (χ1v) is 14.9. The van der Waals surface area contributed by atoms with Gasteiger partial charge in [-0.25, -0.2) is 22.2 Å². The average molecular weight is 566 g/mol. The first-order valence-electron chi connectivity index (χ1n) is 12.7. The van der Waals surface area contributed by atoms with Crippen LogP contribution in [0.15, 0.2) is 41.3 Å². The lowest BCUT2D eigenvalue weighted by molar-refractivity contribution is -0.123. The second kappa shape index (κ2) is 11.2. The van der Waals surface area contributed by atoms with Crippen molar-refractivity contribution in [1.29, 1.82) is 0 Å². The summed E-state index contributed by atoms with van der Waals surface area (Å²) < 4.78 is 67.1. The molecule has 5 rings (SSSR count). The van der Waals surface area contributed by atoms with Crippen molar-refractivity contribution >= 4 is 42.6 Å². The van der Waals surface area contributed by atoms with Gasteiger partial charge in [0.1, 0.15) is 27.8 Å². The lowest BCUT2D eigenvalue weighted by atomic mass is 9.96. The number of nitrogens with zero attached hydrogens (tertiary/aromatic N) is 3. The number of carbonyl (C=O) groups excluding carboxylic acids is 1. The molecule has 0 radical (unpaired) electrons. The van der Waals surface area contributed by atoms with Gasteiger partial charge in [-0.1, -0.05) is 17.4 Å². The molecule has 2 saturated heterocycles. The molecule has 2 aliphatic heterocycles. The van der Waals surface area contributed by atoms with E-state index in [1.54, 1.807) is 4.90 Å². The van der Waals surface area contributed by atoms with Gasteiger partial charge in [-0.2, -0.15) is 4.31 Å². The van der Waals surface area contributed by atoms with E-state index in [9.17, 15) is 22.0 Å². The normalized spacial score (nSPS) is 19.2. The fraction of sp³-hybridized carbons (Fsp3) is 0.462. The zero-order valence-electron chi connectivity index (χ0n) is 20.9. The third kappa shape index (κ3) is 5.40. The van der Waals surface area contributed by atoms with E-state index in [0.717, 1.165) is 34.0 Å². The summed E-state index contributed by atoms with van der Waals surface area (Å²) in [6, 6.07) is 8.09. The molecule has 0 spiro atoms. The highest BCUT2D eigenvalue weighted by molar-refractivity contribution is 7.89. The van der Waals surface area contributed by atoms with Crippen molar-refractivity contribution in [3.8, 4) is 5.75 Å². The summed E-state index contributed by atoms with van der Waals surface area (Å²) in [5.74, 6) is -1.89. The predicted octanol–water partition coefficient (Wildman–Crippen LogP) is 4.59. The molecule has 0 bridgehead atoms. The monoisotopic (exact) mass is 565 g/mol. The van der Waals surface area contributed by atoms with Gasteiger partial charge in [0.25, 0.3) is 0 Å². The van der Waals surface area contributed by atoms with Crippen molar-refractivity contribution in [3.63, 3.8) is 0 Å². The highest BCUT2D eigenvalue weighted by Crippen LogP contribution is 2.36. The van der Waals surface area contributed by atoms with E-state index in [2.05, 4.69) is 0 Å². The second-order valence-corrected chi connectivity index (χ2v) is 12.3. The number of ether oxygens (including phenoxy) is 2. The highest BCUT2D eigenvalue weighted by atomic mass is 32.2. The molecule has 8 nitrogen and oxygen atoms in total. The zero-order chi connectivity index (χ0) is 26.9. The molecule has 1 aromatic heterocycles. The van der Waals surface area contributed by atoms with Crippen molar-refractivity contribution in [2.75, 3.05) is 37.7 Å². The maximum atomic E-state index is 14.2. The van der Waals surface area contributed by atoms with Crippen molar-refractivity contribution in [1.82, 2.24) is 9.29 Å². The Labute approximate surface area is 224 Å². The summed E-state index contributed by atoms with van der Waals surface area (Å²) in [6.07, 6.45) is 2.23. The Morgan fingerprint density at radius 1 is 1.21 bits per heavy atom. The molecule has 38 heavy (non-hydrogen) atoms. The van der Waals surface area contributed by atoms with Gasteiger partial charge in [-0.15, -0.1) is 0 Å². The Hall–Kier alpha value is -2.67. The summed E-state index contributed by atoms with van der Waals surface area (Å²) >= 11 is 1.41. The van der Waals surface area contributed by atoms with Crippen molar-refractivity contribution in [2.24, 2.45) is 5.92 Å². The van der Waals surface area contributed by atoms with E-state index in [-0.39, 0.29) is 37.9 Å². The van der Waals surface area contributed by atoms with Crippen LogP contribution >= 0.6 is 11.3 Å². The van der Waals surface area contributed by atoms with Gasteiger partial charge >= 0.3 is 0 Å². The number of rotatable bonds is 8. The van der Waals surface area contributed by atoms with Crippen LogP contribution in [0.2, 0.25) is 0 Å².